The first kappa shape index (κ1) is 67.7. The Morgan fingerprint density at radius 2 is 0.924 bits per heavy atom. The number of carbonyl (C=O) groups is 7. The monoisotopic (exact) mass is 1090 g/mol. The van der Waals surface area contributed by atoms with Gasteiger partial charge in [-0.05, 0) is 124 Å². The van der Waals surface area contributed by atoms with E-state index in [1.165, 1.54) is 12.8 Å². The molecule has 2 aliphatic carbocycles. The van der Waals surface area contributed by atoms with Crippen LogP contribution in [0.4, 0.5) is 0 Å². The van der Waals surface area contributed by atoms with Crippen molar-refractivity contribution in [3.8, 4) is 11.5 Å². The summed E-state index contributed by atoms with van der Waals surface area (Å²) >= 11 is 0. The zero-order valence-corrected chi connectivity index (χ0v) is 47.5. The third-order valence-electron chi connectivity index (χ3n) is 12.4. The van der Waals surface area contributed by atoms with Crippen LogP contribution >= 0.6 is 0 Å². The highest BCUT2D eigenvalue weighted by molar-refractivity contribution is 6.12. The number of ether oxygens (including phenoxy) is 6. The van der Waals surface area contributed by atoms with Crippen LogP contribution in [0.5, 0.6) is 11.5 Å². The van der Waals surface area contributed by atoms with Gasteiger partial charge < -0.3 is 33.5 Å². The maximum atomic E-state index is 13.3. The van der Waals surface area contributed by atoms with Crippen LogP contribution in [-0.4, -0.2) is 78.9 Å². The number of benzene rings is 4. The van der Waals surface area contributed by atoms with E-state index in [9.17, 15) is 33.6 Å². The van der Waals surface area contributed by atoms with Crippen molar-refractivity contribution in [1.29, 1.82) is 0 Å². The molecule has 0 amide bonds. The highest BCUT2D eigenvalue weighted by Gasteiger charge is 2.27. The molecule has 428 valence electrons. The zero-order chi connectivity index (χ0) is 58.4. The van der Waals surface area contributed by atoms with Crippen molar-refractivity contribution in [1.82, 2.24) is 0 Å². The number of rotatable bonds is 25. The molecule has 14 nitrogen and oxygen atoms in total. The topological polar surface area (TPSA) is 195 Å². The average Bonchev–Trinajstić information content (AvgIpc) is 3.55. The average molecular weight is 1090 g/mol. The molecule has 6 rings (SSSR count). The quantitative estimate of drug-likeness (QED) is 0.0216. The molecule has 0 bridgehead atoms. The number of unbranched alkanes of at least 4 members (excludes halogenated alkanes) is 2. The summed E-state index contributed by atoms with van der Waals surface area (Å²) in [6.45, 7) is 23.1. The minimum Gasteiger partial charge on any atom is -0.494 e. The van der Waals surface area contributed by atoms with Gasteiger partial charge in [-0.15, -0.1) is 0 Å². The van der Waals surface area contributed by atoms with Crippen molar-refractivity contribution in [3.63, 3.8) is 0 Å². The molecule has 1 N–H and O–H groups in total. The molecule has 14 heteroatoms. The van der Waals surface area contributed by atoms with Gasteiger partial charge in [-0.2, -0.15) is 0 Å². The van der Waals surface area contributed by atoms with Gasteiger partial charge in [-0.3, -0.25) is 14.4 Å². The summed E-state index contributed by atoms with van der Waals surface area (Å²) in [4.78, 5) is 85.6. The standard InChI is InChI=1S/C32H34O6.C24H30O5.C5H8O3.2C2H6/c1-4-7-19-36-27-14-9-23(10-15-27)31(34)25-13-18-29(26(21-25)22-38-30(33)6-3)32(35)24-11-16-28(17-12-24)37-20-8-5-2;1-2-22(25)28-16-19-15-18(24(27)29-20-11-7-4-8-12-20)13-14-21(19)23(26)17-9-5-3-6-10-17;1-2-5(7)8-4-3-6;2*1-2/h6,9-18,21H,3-5,7-8,19-20,22H2,1-2H3;2,13-15,17,20H,1,3-12,16H2;2,6H,1,3-4H2;2*1-2H3. The van der Waals surface area contributed by atoms with Gasteiger partial charge >= 0.3 is 23.9 Å². The first-order valence-electron chi connectivity index (χ1n) is 27.9. The molecule has 2 fully saturated rings. The third-order valence-corrected chi connectivity index (χ3v) is 12.4. The summed E-state index contributed by atoms with van der Waals surface area (Å²) in [6, 6.07) is 23.7. The number of carbonyl (C=O) groups excluding carboxylic acids is 7. The van der Waals surface area contributed by atoms with Crippen LogP contribution in [-0.2, 0) is 46.5 Å². The Morgan fingerprint density at radius 1 is 0.506 bits per heavy atom. The molecule has 0 unspecified atom stereocenters. The molecule has 2 aliphatic rings. The van der Waals surface area contributed by atoms with E-state index >= 15 is 0 Å². The van der Waals surface area contributed by atoms with Crippen LogP contribution in [0, 0.1) is 5.92 Å². The highest BCUT2D eigenvalue weighted by atomic mass is 16.6. The summed E-state index contributed by atoms with van der Waals surface area (Å²) in [5.41, 5.74) is 3.57. The summed E-state index contributed by atoms with van der Waals surface area (Å²) in [5, 5.41) is 8.10. The Labute approximate surface area is 468 Å². The lowest BCUT2D eigenvalue weighted by atomic mass is 9.82. The molecule has 0 atom stereocenters. The lowest BCUT2D eigenvalue weighted by Gasteiger charge is -2.23. The van der Waals surface area contributed by atoms with Crippen molar-refractivity contribution >= 4 is 41.2 Å². The summed E-state index contributed by atoms with van der Waals surface area (Å²) in [5.74, 6) is -1.06. The maximum absolute atomic E-state index is 13.3. The van der Waals surface area contributed by atoms with Crippen molar-refractivity contribution in [2.75, 3.05) is 26.4 Å². The number of aliphatic hydroxyl groups is 1. The van der Waals surface area contributed by atoms with E-state index in [1.54, 1.807) is 84.9 Å². The molecule has 79 heavy (non-hydrogen) atoms. The van der Waals surface area contributed by atoms with Crippen molar-refractivity contribution in [2.24, 2.45) is 5.92 Å². The predicted octanol–water partition coefficient (Wildman–Crippen LogP) is 13.7. The predicted molar refractivity (Wildman–Crippen MR) is 308 cm³/mol. The molecule has 0 aromatic heterocycles. The molecule has 0 radical (unpaired) electrons. The lowest BCUT2D eigenvalue weighted by molar-refractivity contribution is -0.139. The summed E-state index contributed by atoms with van der Waals surface area (Å²) in [6.07, 6.45) is 17.3. The van der Waals surface area contributed by atoms with Crippen molar-refractivity contribution < 1.29 is 67.1 Å². The Kier molecular flexibility index (Phi) is 34.1. The van der Waals surface area contributed by atoms with E-state index in [4.69, 9.17) is 28.8 Å². The van der Waals surface area contributed by atoms with Gasteiger partial charge in [0.05, 0.1) is 25.4 Å². The van der Waals surface area contributed by atoms with Crippen LogP contribution in [0.25, 0.3) is 0 Å². The summed E-state index contributed by atoms with van der Waals surface area (Å²) < 4.78 is 31.7. The van der Waals surface area contributed by atoms with E-state index in [2.05, 4.69) is 38.3 Å². The van der Waals surface area contributed by atoms with E-state index in [-0.39, 0.29) is 61.8 Å². The fraction of sp³-hybridized carbons (Fsp3) is 0.431. The Bertz CT molecular complexity index is 2530. The molecule has 4 aromatic carbocycles. The van der Waals surface area contributed by atoms with Crippen LogP contribution in [0.3, 0.4) is 0 Å². The maximum Gasteiger partial charge on any atom is 0.338 e. The first-order chi connectivity index (χ1) is 38.3. The highest BCUT2D eigenvalue weighted by Crippen LogP contribution is 2.30. The van der Waals surface area contributed by atoms with Gasteiger partial charge in [0.15, 0.2) is 17.3 Å². The van der Waals surface area contributed by atoms with E-state index in [0.29, 0.717) is 69.2 Å². The number of ketones is 3. The van der Waals surface area contributed by atoms with Gasteiger partial charge in [-0.1, -0.05) is 112 Å². The second kappa shape index (κ2) is 39.8. The van der Waals surface area contributed by atoms with Gasteiger partial charge in [0.25, 0.3) is 0 Å². The van der Waals surface area contributed by atoms with E-state index in [1.807, 2.05) is 27.7 Å². The minimum atomic E-state index is -0.618. The lowest BCUT2D eigenvalue weighted by Crippen LogP contribution is -2.22. The molecule has 0 saturated heterocycles. The normalized spacial score (nSPS) is 12.6. The smallest absolute Gasteiger partial charge is 0.338 e. The van der Waals surface area contributed by atoms with Crippen molar-refractivity contribution in [3.05, 3.63) is 167 Å². The molecule has 0 spiro atoms. The second-order valence-electron chi connectivity index (χ2n) is 17.9. The Balaban J connectivity index is 0.000000459. The number of esters is 4. The Hall–Kier alpha value is -7.45. The van der Waals surface area contributed by atoms with Crippen LogP contribution < -0.4 is 9.47 Å². The van der Waals surface area contributed by atoms with Gasteiger partial charge in [0.1, 0.15) is 37.4 Å². The SMILES string of the molecule is C=CC(=O)OCCO.C=CC(=O)OCc1cc(C(=O)OC2CCCCC2)ccc1C(=O)C1CCCCC1.C=CC(=O)OCc1cc(C(=O)c2ccc(OCCCC)cc2)ccc1C(=O)c1ccc(OCCCC)cc1.CC.CC. The van der Waals surface area contributed by atoms with Crippen molar-refractivity contribution in [2.45, 2.75) is 151 Å². The largest absolute Gasteiger partial charge is 0.494 e. The Morgan fingerprint density at radius 3 is 1.41 bits per heavy atom. The first-order valence-corrected chi connectivity index (χ1v) is 27.9. The number of aliphatic hydroxyl groups excluding tert-OH is 1. The van der Waals surface area contributed by atoms with Crippen LogP contribution in [0.15, 0.2) is 123 Å². The molecule has 2 saturated carbocycles. The van der Waals surface area contributed by atoms with Gasteiger partial charge in [0, 0.05) is 63.1 Å². The van der Waals surface area contributed by atoms with Gasteiger partial charge in [-0.25, -0.2) is 19.2 Å². The molecular formula is C65H84O14. The minimum absolute atomic E-state index is 0.00218. The summed E-state index contributed by atoms with van der Waals surface area (Å²) in [7, 11) is 0. The number of hydrogen-bond donors (Lipinski definition) is 1. The van der Waals surface area contributed by atoms with Crippen LogP contribution in [0.1, 0.15) is 195 Å². The fourth-order valence-electron chi connectivity index (χ4n) is 8.16. The molecule has 0 heterocycles. The molecule has 4 aromatic rings. The van der Waals surface area contributed by atoms with E-state index in [0.717, 1.165) is 95.3 Å². The van der Waals surface area contributed by atoms with Gasteiger partial charge in [0.2, 0.25) is 0 Å². The van der Waals surface area contributed by atoms with Crippen LogP contribution in [0.2, 0.25) is 0 Å². The van der Waals surface area contributed by atoms with E-state index < -0.39 is 17.9 Å². The third kappa shape index (κ3) is 24.4. The fourth-order valence-corrected chi connectivity index (χ4v) is 8.16. The number of hydrogen-bond acceptors (Lipinski definition) is 14. The zero-order valence-electron chi connectivity index (χ0n) is 47.5. The molecule has 0 aliphatic heterocycles. The second-order valence-corrected chi connectivity index (χ2v) is 17.9. The number of Topliss-reactive ketones (excluding diaryl/α,β-unsaturated/α-hetero) is 1. The molecular weight excluding hydrogens is 1000 g/mol.